The Bertz CT molecular complexity index is 1230. The third-order valence-electron chi connectivity index (χ3n) is 5.89. The van der Waals surface area contributed by atoms with Crippen molar-refractivity contribution in [1.82, 2.24) is 19.6 Å². The first-order valence-corrected chi connectivity index (χ1v) is 9.69. The quantitative estimate of drug-likeness (QED) is 0.697. The zero-order valence-electron chi connectivity index (χ0n) is 16.0. The summed E-state index contributed by atoms with van der Waals surface area (Å²) in [4.78, 5) is 43.7. The molecule has 1 saturated heterocycles. The van der Waals surface area contributed by atoms with Crippen LogP contribution in [0.5, 0.6) is 0 Å². The maximum atomic E-state index is 13.2. The minimum atomic E-state index is -1.12. The minimum absolute atomic E-state index is 0.0498. The zero-order chi connectivity index (χ0) is 20.2. The van der Waals surface area contributed by atoms with Gasteiger partial charge >= 0.3 is 6.03 Å². The molecule has 0 spiro atoms. The highest BCUT2D eigenvalue weighted by Crippen LogP contribution is 2.33. The lowest BCUT2D eigenvalue weighted by atomic mass is 9.89. The highest BCUT2D eigenvalue weighted by atomic mass is 16.2. The normalized spacial score (nSPS) is 20.9. The number of hydrogen-bond acceptors (Lipinski definition) is 4. The number of imide groups is 1. The number of carbonyl (C=O) groups is 2. The van der Waals surface area contributed by atoms with Crippen LogP contribution in [0.1, 0.15) is 35.7 Å². The van der Waals surface area contributed by atoms with Crippen LogP contribution >= 0.6 is 0 Å². The second-order valence-corrected chi connectivity index (χ2v) is 7.80. The molecule has 7 nitrogen and oxygen atoms in total. The van der Waals surface area contributed by atoms with E-state index in [2.05, 4.69) is 16.4 Å². The van der Waals surface area contributed by atoms with Crippen molar-refractivity contribution in [1.29, 1.82) is 0 Å². The molecular formula is C22H20N4O3. The van der Waals surface area contributed by atoms with Crippen LogP contribution in [0.4, 0.5) is 4.79 Å². The highest BCUT2D eigenvalue weighted by Gasteiger charge is 2.49. The smallest absolute Gasteiger partial charge is 0.319 e. The Morgan fingerprint density at radius 2 is 1.90 bits per heavy atom. The van der Waals surface area contributed by atoms with Crippen LogP contribution in [0.2, 0.25) is 0 Å². The third kappa shape index (κ3) is 2.73. The van der Waals surface area contributed by atoms with Crippen LogP contribution in [-0.4, -0.2) is 26.2 Å². The molecule has 7 heteroatoms. The SMILES string of the molecule is CC1(c2ccc3c(c2)CCC3)NC(=O)N(Cc2cc(=O)n3ccccc3n2)C1=O. The van der Waals surface area contributed by atoms with Gasteiger partial charge in [0.1, 0.15) is 11.2 Å². The Labute approximate surface area is 167 Å². The molecule has 1 fully saturated rings. The molecule has 2 aromatic heterocycles. The van der Waals surface area contributed by atoms with E-state index in [-0.39, 0.29) is 18.0 Å². The van der Waals surface area contributed by atoms with Crippen LogP contribution in [0.3, 0.4) is 0 Å². The van der Waals surface area contributed by atoms with E-state index in [0.29, 0.717) is 11.3 Å². The molecule has 0 radical (unpaired) electrons. The summed E-state index contributed by atoms with van der Waals surface area (Å²) in [6, 6.07) is 12.1. The fraction of sp³-hybridized carbons (Fsp3) is 0.273. The van der Waals surface area contributed by atoms with Gasteiger partial charge in [-0.3, -0.25) is 18.9 Å². The molecule has 0 bridgehead atoms. The van der Waals surface area contributed by atoms with E-state index in [1.165, 1.54) is 21.6 Å². The van der Waals surface area contributed by atoms with Crippen LogP contribution < -0.4 is 10.9 Å². The van der Waals surface area contributed by atoms with Crippen LogP contribution in [-0.2, 0) is 29.7 Å². The number of aryl methyl sites for hydroxylation is 2. The molecular weight excluding hydrogens is 368 g/mol. The predicted molar refractivity (Wildman–Crippen MR) is 106 cm³/mol. The fourth-order valence-corrected chi connectivity index (χ4v) is 4.27. The van der Waals surface area contributed by atoms with Crippen molar-refractivity contribution in [3.8, 4) is 0 Å². The molecule has 1 unspecified atom stereocenters. The molecule has 3 heterocycles. The van der Waals surface area contributed by atoms with Crippen molar-refractivity contribution in [3.05, 3.63) is 81.4 Å². The van der Waals surface area contributed by atoms with Gasteiger partial charge in [0, 0.05) is 12.3 Å². The number of urea groups is 1. The summed E-state index contributed by atoms with van der Waals surface area (Å²) in [6.07, 6.45) is 4.80. The van der Waals surface area contributed by atoms with Crippen molar-refractivity contribution < 1.29 is 9.59 Å². The number of pyridine rings is 1. The molecule has 2 aliphatic rings. The monoisotopic (exact) mass is 388 g/mol. The number of hydrogen-bond donors (Lipinski definition) is 1. The average molecular weight is 388 g/mol. The topological polar surface area (TPSA) is 83.8 Å². The molecule has 1 aromatic carbocycles. The van der Waals surface area contributed by atoms with E-state index in [9.17, 15) is 14.4 Å². The van der Waals surface area contributed by atoms with Gasteiger partial charge < -0.3 is 5.32 Å². The van der Waals surface area contributed by atoms with E-state index in [1.807, 2.05) is 12.1 Å². The van der Waals surface area contributed by atoms with E-state index in [0.717, 1.165) is 29.7 Å². The number of amides is 3. The Morgan fingerprint density at radius 3 is 2.76 bits per heavy atom. The van der Waals surface area contributed by atoms with Crippen molar-refractivity contribution in [2.45, 2.75) is 38.3 Å². The average Bonchev–Trinajstić information content (AvgIpc) is 3.26. The van der Waals surface area contributed by atoms with Gasteiger partial charge in [0.2, 0.25) is 0 Å². The Hall–Kier alpha value is -3.48. The summed E-state index contributed by atoms with van der Waals surface area (Å²) in [5, 5.41) is 2.84. The maximum Gasteiger partial charge on any atom is 0.325 e. The minimum Gasteiger partial charge on any atom is -0.319 e. The van der Waals surface area contributed by atoms with Crippen LogP contribution in [0, 0.1) is 0 Å². The number of nitrogens with one attached hydrogen (secondary N) is 1. The summed E-state index contributed by atoms with van der Waals surface area (Å²) < 4.78 is 1.42. The summed E-state index contributed by atoms with van der Waals surface area (Å²) in [5.41, 5.74) is 2.82. The van der Waals surface area contributed by atoms with E-state index >= 15 is 0 Å². The van der Waals surface area contributed by atoms with Gasteiger partial charge in [0.25, 0.3) is 11.5 Å². The van der Waals surface area contributed by atoms with E-state index in [4.69, 9.17) is 0 Å². The molecule has 1 aliphatic carbocycles. The standard InChI is InChI=1S/C22H20N4O3/c1-22(16-9-8-14-5-4-6-15(14)11-16)20(28)26(21(29)24-22)13-17-12-19(27)25-10-3-2-7-18(25)23-17/h2-3,7-12H,4-6,13H2,1H3,(H,24,29). The van der Waals surface area contributed by atoms with Gasteiger partial charge in [0.15, 0.2) is 0 Å². The summed E-state index contributed by atoms with van der Waals surface area (Å²) >= 11 is 0. The fourth-order valence-electron chi connectivity index (χ4n) is 4.27. The predicted octanol–water partition coefficient (Wildman–Crippen LogP) is 2.15. The van der Waals surface area contributed by atoms with Gasteiger partial charge in [-0.15, -0.1) is 0 Å². The number of nitrogens with zero attached hydrogens (tertiary/aromatic N) is 3. The number of rotatable bonds is 3. The molecule has 1 atom stereocenters. The lowest BCUT2D eigenvalue weighted by Gasteiger charge is -2.23. The van der Waals surface area contributed by atoms with Gasteiger partial charge in [-0.25, -0.2) is 9.78 Å². The van der Waals surface area contributed by atoms with Crippen molar-refractivity contribution in [3.63, 3.8) is 0 Å². The lowest BCUT2D eigenvalue weighted by molar-refractivity contribution is -0.131. The number of carbonyl (C=O) groups excluding carboxylic acids is 2. The Kier molecular flexibility index (Phi) is 3.81. The largest absolute Gasteiger partial charge is 0.325 e. The van der Waals surface area contributed by atoms with E-state index in [1.54, 1.807) is 31.3 Å². The molecule has 3 amide bonds. The summed E-state index contributed by atoms with van der Waals surface area (Å²) in [7, 11) is 0. The van der Waals surface area contributed by atoms with Gasteiger partial charge in [-0.1, -0.05) is 24.3 Å². The maximum absolute atomic E-state index is 13.2. The highest BCUT2D eigenvalue weighted by molar-refractivity contribution is 6.07. The van der Waals surface area contributed by atoms with Gasteiger partial charge in [-0.2, -0.15) is 0 Å². The number of fused-ring (bicyclic) bond motifs is 2. The molecule has 146 valence electrons. The van der Waals surface area contributed by atoms with E-state index < -0.39 is 11.6 Å². The molecule has 29 heavy (non-hydrogen) atoms. The van der Waals surface area contributed by atoms with Crippen LogP contribution in [0.15, 0.2) is 53.5 Å². The van der Waals surface area contributed by atoms with Crippen molar-refractivity contribution in [2.24, 2.45) is 0 Å². The first kappa shape index (κ1) is 17.6. The zero-order valence-corrected chi connectivity index (χ0v) is 16.0. The summed E-state index contributed by atoms with van der Waals surface area (Å²) in [5.74, 6) is -0.337. The molecule has 3 aromatic rings. The van der Waals surface area contributed by atoms with Gasteiger partial charge in [-0.05, 0) is 55.0 Å². The second-order valence-electron chi connectivity index (χ2n) is 7.80. The number of aromatic nitrogens is 2. The molecule has 5 rings (SSSR count). The molecule has 0 saturated carbocycles. The number of benzene rings is 1. The van der Waals surface area contributed by atoms with Crippen molar-refractivity contribution >= 4 is 17.6 Å². The summed E-state index contributed by atoms with van der Waals surface area (Å²) in [6.45, 7) is 1.68. The molecule has 1 aliphatic heterocycles. The van der Waals surface area contributed by atoms with Crippen LogP contribution in [0.25, 0.3) is 5.65 Å². The lowest BCUT2D eigenvalue weighted by Crippen LogP contribution is -2.41. The Morgan fingerprint density at radius 1 is 1.07 bits per heavy atom. The third-order valence-corrected chi connectivity index (χ3v) is 5.89. The van der Waals surface area contributed by atoms with Crippen molar-refractivity contribution in [2.75, 3.05) is 0 Å². The van der Waals surface area contributed by atoms with Gasteiger partial charge in [0.05, 0.1) is 12.2 Å². The first-order chi connectivity index (χ1) is 14.0. The second kappa shape index (κ2) is 6.27. The first-order valence-electron chi connectivity index (χ1n) is 9.69. The Balaban J connectivity index is 1.47. The molecule has 1 N–H and O–H groups in total.